The summed E-state index contributed by atoms with van der Waals surface area (Å²) in [5.74, 6) is 0.987. The van der Waals surface area contributed by atoms with Crippen molar-refractivity contribution in [2.24, 2.45) is 0 Å². The fourth-order valence-electron chi connectivity index (χ4n) is 7.43. The minimum absolute atomic E-state index is 0.327. The molecule has 1 aromatic heterocycles. The maximum Gasteiger partial charge on any atom is 0.494 e. The third-order valence-electron chi connectivity index (χ3n) is 10.3. The molecule has 0 bridgehead atoms. The van der Waals surface area contributed by atoms with E-state index in [-0.39, 0.29) is 18.3 Å². The van der Waals surface area contributed by atoms with Gasteiger partial charge in [0.2, 0.25) is 0 Å². The molecule has 1 aliphatic carbocycles. The number of furan rings is 1. The second kappa shape index (κ2) is 8.98. The first kappa shape index (κ1) is 25.2. The molecule has 5 heteroatoms. The van der Waals surface area contributed by atoms with Crippen LogP contribution in [0.25, 0.3) is 21.9 Å². The van der Waals surface area contributed by atoms with Crippen molar-refractivity contribution in [3.05, 3.63) is 102 Å². The molecule has 5 aromatic rings. The van der Waals surface area contributed by atoms with E-state index < -0.39 is 0 Å². The van der Waals surface area contributed by atoms with Crippen LogP contribution in [-0.2, 0) is 9.31 Å². The lowest BCUT2D eigenvalue weighted by atomic mass is 9.71. The largest absolute Gasteiger partial charge is 0.494 e. The predicted octanol–water partition coefficient (Wildman–Crippen LogP) is 8.46. The third kappa shape index (κ3) is 3.89. The number of para-hydroxylation sites is 2. The molecule has 206 valence electrons. The van der Waals surface area contributed by atoms with Gasteiger partial charge in [0.1, 0.15) is 11.2 Å². The lowest BCUT2D eigenvalue weighted by Crippen LogP contribution is -2.41. The van der Waals surface area contributed by atoms with E-state index in [0.29, 0.717) is 17.9 Å². The summed E-state index contributed by atoms with van der Waals surface area (Å²) >= 11 is 0. The highest BCUT2D eigenvalue weighted by molar-refractivity contribution is 6.62. The zero-order valence-electron chi connectivity index (χ0n) is 24.3. The van der Waals surface area contributed by atoms with Crippen LogP contribution >= 0.6 is 0 Å². The lowest BCUT2D eigenvalue weighted by molar-refractivity contribution is 0.00578. The average molecular weight is 542 g/mol. The molecule has 41 heavy (non-hydrogen) atoms. The van der Waals surface area contributed by atoms with Gasteiger partial charge in [0, 0.05) is 40.2 Å². The molecule has 2 aliphatic heterocycles. The average Bonchev–Trinajstić information content (AvgIpc) is 3.58. The molecule has 3 atom stereocenters. The van der Waals surface area contributed by atoms with Gasteiger partial charge in [0.05, 0.1) is 11.2 Å². The molecule has 1 saturated heterocycles. The number of hydrogen-bond donors (Lipinski definition) is 0. The summed E-state index contributed by atoms with van der Waals surface area (Å²) < 4.78 is 19.1. The van der Waals surface area contributed by atoms with Gasteiger partial charge < -0.3 is 18.6 Å². The van der Waals surface area contributed by atoms with Crippen molar-refractivity contribution < 1.29 is 13.7 Å². The smallest absolute Gasteiger partial charge is 0.456 e. The first-order valence-corrected chi connectivity index (χ1v) is 15.0. The second-order valence-electron chi connectivity index (χ2n) is 13.1. The molecular weight excluding hydrogens is 505 g/mol. The van der Waals surface area contributed by atoms with Crippen LogP contribution in [0, 0.1) is 0 Å². The molecule has 3 heterocycles. The van der Waals surface area contributed by atoms with Gasteiger partial charge >= 0.3 is 7.12 Å². The molecule has 3 unspecified atom stereocenters. The van der Waals surface area contributed by atoms with Crippen molar-refractivity contribution >= 4 is 45.9 Å². The molecule has 0 spiro atoms. The van der Waals surface area contributed by atoms with Crippen LogP contribution in [0.15, 0.2) is 95.4 Å². The summed E-state index contributed by atoms with van der Waals surface area (Å²) in [6.07, 6.45) is 3.44. The summed E-state index contributed by atoms with van der Waals surface area (Å²) in [5.41, 5.74) is 7.77. The summed E-state index contributed by atoms with van der Waals surface area (Å²) in [7, 11) is -0.327. The normalized spacial score (nSPS) is 24.6. The van der Waals surface area contributed by atoms with Crippen LogP contribution in [0.2, 0.25) is 0 Å². The molecular formula is C36H36BNO3. The third-order valence-corrected chi connectivity index (χ3v) is 10.3. The van der Waals surface area contributed by atoms with E-state index in [1.54, 1.807) is 0 Å². The Bertz CT molecular complexity index is 1770. The van der Waals surface area contributed by atoms with E-state index in [9.17, 15) is 0 Å². The van der Waals surface area contributed by atoms with E-state index in [1.165, 1.54) is 33.3 Å². The molecule has 0 radical (unpaired) electrons. The highest BCUT2D eigenvalue weighted by Gasteiger charge is 2.52. The number of anilines is 2. The van der Waals surface area contributed by atoms with Crippen molar-refractivity contribution in [3.8, 4) is 0 Å². The van der Waals surface area contributed by atoms with E-state index >= 15 is 0 Å². The Morgan fingerprint density at radius 2 is 1.49 bits per heavy atom. The standard InChI is InChI=1S/C36H36BNO3/c1-35(2)36(3,4)41-37(40-35)25-11-9-10-23(20-25)24-16-19-32-30(21-24)27-12-5-7-14-31(27)38(32)26-17-18-29-28-13-6-8-15-33(28)39-34(29)22-26/h5-15,17-18,20,22,24,30,32H,16,19,21H2,1-4H3. The fourth-order valence-corrected chi connectivity index (χ4v) is 7.43. The topological polar surface area (TPSA) is 34.8 Å². The SMILES string of the molecule is CC1(C)OB(c2cccc(C3CCC4C(C3)c3ccccc3N4c3ccc4c(c3)oc3ccccc34)c2)OC1(C)C. The van der Waals surface area contributed by atoms with Gasteiger partial charge in [-0.25, -0.2) is 0 Å². The minimum atomic E-state index is -0.339. The number of benzene rings is 4. The Labute approximate surface area is 242 Å². The Morgan fingerprint density at radius 3 is 2.34 bits per heavy atom. The van der Waals surface area contributed by atoms with Crippen molar-refractivity contribution in [2.75, 3.05) is 4.90 Å². The Hall–Kier alpha value is -3.54. The molecule has 4 aromatic carbocycles. The highest BCUT2D eigenvalue weighted by atomic mass is 16.7. The number of fused-ring (bicyclic) bond motifs is 6. The quantitative estimate of drug-likeness (QED) is 0.215. The summed E-state index contributed by atoms with van der Waals surface area (Å²) in [6.45, 7) is 8.47. The maximum atomic E-state index is 6.38. The molecule has 2 fully saturated rings. The van der Waals surface area contributed by atoms with Crippen LogP contribution in [-0.4, -0.2) is 24.4 Å². The van der Waals surface area contributed by atoms with E-state index in [1.807, 2.05) is 6.07 Å². The summed E-state index contributed by atoms with van der Waals surface area (Å²) in [6, 6.07) is 33.5. The van der Waals surface area contributed by atoms with Crippen molar-refractivity contribution in [1.29, 1.82) is 0 Å². The van der Waals surface area contributed by atoms with Crippen LogP contribution in [0.1, 0.15) is 69.9 Å². The lowest BCUT2D eigenvalue weighted by Gasteiger charge is -2.37. The number of rotatable bonds is 3. The van der Waals surface area contributed by atoms with Crippen LogP contribution in [0.4, 0.5) is 11.4 Å². The van der Waals surface area contributed by atoms with Crippen molar-refractivity contribution in [2.45, 2.75) is 76.0 Å². The Kier molecular flexibility index (Phi) is 5.52. The highest BCUT2D eigenvalue weighted by Crippen LogP contribution is 2.54. The maximum absolute atomic E-state index is 6.38. The molecule has 0 amide bonds. The van der Waals surface area contributed by atoms with E-state index in [4.69, 9.17) is 13.7 Å². The van der Waals surface area contributed by atoms with E-state index in [0.717, 1.165) is 35.9 Å². The zero-order valence-corrected chi connectivity index (χ0v) is 24.3. The van der Waals surface area contributed by atoms with Crippen LogP contribution < -0.4 is 10.4 Å². The van der Waals surface area contributed by atoms with Crippen LogP contribution in [0.5, 0.6) is 0 Å². The Balaban J connectivity index is 1.10. The summed E-state index contributed by atoms with van der Waals surface area (Å²) in [4.78, 5) is 2.59. The van der Waals surface area contributed by atoms with Crippen molar-refractivity contribution in [1.82, 2.24) is 0 Å². The molecule has 4 nitrogen and oxygen atoms in total. The zero-order chi connectivity index (χ0) is 27.9. The van der Waals surface area contributed by atoms with Gasteiger partial charge in [0.15, 0.2) is 0 Å². The number of nitrogens with zero attached hydrogens (tertiary/aromatic N) is 1. The van der Waals surface area contributed by atoms with Crippen molar-refractivity contribution in [3.63, 3.8) is 0 Å². The van der Waals surface area contributed by atoms with Gasteiger partial charge in [-0.15, -0.1) is 0 Å². The second-order valence-corrected chi connectivity index (χ2v) is 13.1. The molecule has 0 N–H and O–H groups in total. The molecule has 8 rings (SSSR count). The van der Waals surface area contributed by atoms with Crippen LogP contribution in [0.3, 0.4) is 0 Å². The molecule has 3 aliphatic rings. The minimum Gasteiger partial charge on any atom is -0.456 e. The fraction of sp³-hybridized carbons (Fsp3) is 0.333. The first-order valence-electron chi connectivity index (χ1n) is 15.0. The van der Waals surface area contributed by atoms with Gasteiger partial charge in [0.25, 0.3) is 0 Å². The summed E-state index contributed by atoms with van der Waals surface area (Å²) in [5, 5.41) is 2.36. The Morgan fingerprint density at radius 1 is 0.732 bits per heavy atom. The first-order chi connectivity index (χ1) is 19.8. The van der Waals surface area contributed by atoms with Gasteiger partial charge in [-0.05, 0) is 93.7 Å². The predicted molar refractivity (Wildman–Crippen MR) is 168 cm³/mol. The van der Waals surface area contributed by atoms with Gasteiger partial charge in [-0.1, -0.05) is 60.7 Å². The monoisotopic (exact) mass is 541 g/mol. The molecule has 1 saturated carbocycles. The number of hydrogen-bond acceptors (Lipinski definition) is 4. The van der Waals surface area contributed by atoms with E-state index in [2.05, 4.69) is 118 Å². The van der Waals surface area contributed by atoms with Gasteiger partial charge in [-0.3, -0.25) is 0 Å². The van der Waals surface area contributed by atoms with Gasteiger partial charge in [-0.2, -0.15) is 0 Å².